The summed E-state index contributed by atoms with van der Waals surface area (Å²) in [6.45, 7) is 0.399. The van der Waals surface area contributed by atoms with E-state index in [1.165, 1.54) is 51.4 Å². The summed E-state index contributed by atoms with van der Waals surface area (Å²) in [5.74, 6) is 6.25. The van der Waals surface area contributed by atoms with Gasteiger partial charge in [0.1, 0.15) is 36.5 Å². The minimum absolute atomic E-state index is 0. The maximum absolute atomic E-state index is 13.8. The molecule has 0 bridgehead atoms. The highest BCUT2D eigenvalue weighted by molar-refractivity contribution is 7.59. The van der Waals surface area contributed by atoms with Crippen LogP contribution in [-0.2, 0) is 31.9 Å². The van der Waals surface area contributed by atoms with E-state index in [1.807, 2.05) is 0 Å². The number of nitrogens with one attached hydrogen (secondary N) is 2. The number of hydrogen-bond acceptors (Lipinski definition) is 13. The van der Waals surface area contributed by atoms with Crippen molar-refractivity contribution >= 4 is 121 Å². The van der Waals surface area contributed by atoms with E-state index in [9.17, 15) is 37.5 Å². The van der Waals surface area contributed by atoms with Crippen molar-refractivity contribution in [1.82, 2.24) is 24.7 Å². The average Bonchev–Trinajstić information content (AvgIpc) is 3.64. The molecule has 76 heavy (non-hydrogen) atoms. The van der Waals surface area contributed by atoms with Crippen LogP contribution in [0.25, 0.3) is 0 Å². The number of nitrogens with two attached hydrogens (primary N) is 3. The van der Waals surface area contributed by atoms with Crippen LogP contribution < -0.4 is 28.1 Å². The van der Waals surface area contributed by atoms with Crippen LogP contribution in [0.15, 0.2) is 97.3 Å². The number of likely N-dealkylation sites (N-methyl/N-ethyl adjacent to an activating group) is 2. The number of carbonyl (C=O) groups excluding carboxylic acids is 6. The van der Waals surface area contributed by atoms with Gasteiger partial charge in [-0.3, -0.25) is 46.4 Å². The van der Waals surface area contributed by atoms with Gasteiger partial charge in [0.2, 0.25) is 11.8 Å². The van der Waals surface area contributed by atoms with E-state index >= 15 is 0 Å². The Kier molecular flexibility index (Phi) is 29.7. The third-order valence-electron chi connectivity index (χ3n) is 11.4. The minimum Gasteiger partial charge on any atom is -0.447 e. The molecule has 0 spiro atoms. The summed E-state index contributed by atoms with van der Waals surface area (Å²) < 4.78 is 38.0. The summed E-state index contributed by atoms with van der Waals surface area (Å²) in [5, 5.41) is 5.83. The Labute approximate surface area is 473 Å². The van der Waals surface area contributed by atoms with Crippen molar-refractivity contribution in [3.8, 4) is 0 Å². The molecule has 412 valence electrons. The second kappa shape index (κ2) is 34.1. The lowest BCUT2D eigenvalue weighted by atomic mass is 10.1. The summed E-state index contributed by atoms with van der Waals surface area (Å²) in [5.41, 5.74) is 7.37. The highest BCUT2D eigenvalue weighted by Gasteiger charge is 2.35. The Hall–Kier alpha value is -5.82. The predicted molar refractivity (Wildman–Crippen MR) is 299 cm³/mol. The zero-order valence-corrected chi connectivity index (χ0v) is 46.4. The fourth-order valence-corrected chi connectivity index (χ4v) is 7.97. The van der Waals surface area contributed by atoms with Crippen LogP contribution in [0.1, 0.15) is 70.4 Å². The van der Waals surface area contributed by atoms with Crippen molar-refractivity contribution in [1.29, 1.82) is 0 Å². The second-order valence-corrected chi connectivity index (χ2v) is 17.9. The maximum Gasteiger partial charge on any atom is 0.412 e. The summed E-state index contributed by atoms with van der Waals surface area (Å²) in [6.07, 6.45) is 3.88. The summed E-state index contributed by atoms with van der Waals surface area (Å²) in [7, 11) is 3.21. The molecule has 3 aromatic carbocycles. The van der Waals surface area contributed by atoms with Crippen molar-refractivity contribution < 1.29 is 47.0 Å². The average molecular weight is 1170 g/mol. The topological polar surface area (TPSA) is 258 Å². The predicted octanol–water partition coefficient (Wildman–Crippen LogP) is 8.93. The van der Waals surface area contributed by atoms with Crippen LogP contribution in [0.2, 0.25) is 20.1 Å². The molecule has 8 N–H and O–H groups in total. The van der Waals surface area contributed by atoms with Gasteiger partial charge in [-0.1, -0.05) is 82.8 Å². The van der Waals surface area contributed by atoms with E-state index in [4.69, 9.17) is 61.6 Å². The van der Waals surface area contributed by atoms with E-state index in [2.05, 4.69) is 32.3 Å². The van der Waals surface area contributed by atoms with Crippen molar-refractivity contribution in [2.24, 2.45) is 17.4 Å². The normalized spacial score (nSPS) is 11.9. The SMILES string of the molecule is CN(C(=O)CCc1cccc(F)c1Cl)[C@@H](CCCN)COC(=O)Nc1ccc(Cl)cn1.CN(C(=O)CCc1cccc(F)c1Cl)[C@@H](CCCN1C(=O)c2ccccc2C1=O)COC(=O)Nc1ccc(Cl)cn1.NN.S.S. The van der Waals surface area contributed by atoms with Gasteiger partial charge in [-0.2, -0.15) is 27.0 Å². The Balaban J connectivity index is 0.000000509. The Morgan fingerprint density at radius 2 is 1.04 bits per heavy atom. The number of amides is 6. The molecule has 3 heterocycles. The number of imide groups is 1. The molecule has 0 unspecified atom stereocenters. The lowest BCUT2D eigenvalue weighted by Crippen LogP contribution is -2.42. The van der Waals surface area contributed by atoms with Gasteiger partial charge in [0, 0.05) is 45.9 Å². The fourth-order valence-electron chi connectivity index (χ4n) is 7.31. The highest BCUT2D eigenvalue weighted by Crippen LogP contribution is 2.25. The fraction of sp³-hybridized carbons (Fsp3) is 0.320. The van der Waals surface area contributed by atoms with E-state index in [-0.39, 0.29) is 112 Å². The van der Waals surface area contributed by atoms with Gasteiger partial charge in [0.25, 0.3) is 11.8 Å². The molecule has 6 rings (SSSR count). The van der Waals surface area contributed by atoms with E-state index in [0.29, 0.717) is 76.8 Å². The first-order valence-corrected chi connectivity index (χ1v) is 24.4. The second-order valence-electron chi connectivity index (χ2n) is 16.3. The number of halogens is 6. The summed E-state index contributed by atoms with van der Waals surface area (Å²) >= 11 is 23.6. The van der Waals surface area contributed by atoms with Crippen LogP contribution in [0.5, 0.6) is 0 Å². The standard InChI is InChI=1S/C29H27Cl2FN4O5.C21H25Cl2FN4O3.H4N2.2H2S/c1-35(25(37)14-11-18-6-4-10-23(32)26(18)31)20(17-41-29(40)34-24-13-12-19(30)16-33-24)7-5-15-36-27(38)21-8-2-3-9-22(21)28(36)39;1-28(19(29)10-7-14-4-2-6-17(24)20(14)23)16(5-3-11-25)13-31-21(30)27-18-9-8-15(22)12-26-18;1-2;;/h2-4,6,8-10,12-13,16,20H,5,7,11,14-15,17H2,1H3,(H,33,34,40);2,4,6,8-9,12,16H,3,5,7,10-11,13,25H2,1H3,(H,26,27,30);1-2H2;2*1H2/t20-;16-;;;/m00.../s1. The maximum atomic E-state index is 13.8. The summed E-state index contributed by atoms with van der Waals surface area (Å²) in [6, 6.07) is 20.8. The number of hydrazine groups is 1. The third-order valence-corrected chi connectivity index (χ3v) is 12.7. The van der Waals surface area contributed by atoms with Crippen molar-refractivity contribution in [2.75, 3.05) is 51.0 Å². The quantitative estimate of drug-likeness (QED) is 0.0262. The van der Waals surface area contributed by atoms with Gasteiger partial charge < -0.3 is 25.0 Å². The molecule has 2 aromatic heterocycles. The zero-order chi connectivity index (χ0) is 54.3. The van der Waals surface area contributed by atoms with Crippen LogP contribution in [0.4, 0.5) is 30.0 Å². The number of aromatic nitrogens is 2. The molecular weight excluding hydrogens is 1110 g/mol. The van der Waals surface area contributed by atoms with Crippen molar-refractivity contribution in [3.05, 3.63) is 151 Å². The number of fused-ring (bicyclic) bond motifs is 1. The molecule has 2 atom stereocenters. The number of aryl methyl sites for hydroxylation is 2. The number of benzene rings is 3. The molecular formula is C50H60Cl4F2N10O8S2. The Bertz CT molecular complexity index is 2670. The van der Waals surface area contributed by atoms with Gasteiger partial charge in [0.15, 0.2) is 0 Å². The number of carbonyl (C=O) groups is 6. The first-order chi connectivity index (χ1) is 35.5. The number of pyridine rings is 2. The van der Waals surface area contributed by atoms with Gasteiger partial charge in [-0.25, -0.2) is 28.3 Å². The van der Waals surface area contributed by atoms with Gasteiger partial charge in [-0.05, 0) is 105 Å². The largest absolute Gasteiger partial charge is 0.447 e. The zero-order valence-electron chi connectivity index (χ0n) is 41.4. The van der Waals surface area contributed by atoms with Gasteiger partial charge in [-0.15, -0.1) is 0 Å². The minimum atomic E-state index is -0.780. The lowest BCUT2D eigenvalue weighted by molar-refractivity contribution is -0.133. The highest BCUT2D eigenvalue weighted by atomic mass is 35.5. The van der Waals surface area contributed by atoms with Crippen LogP contribution in [0.3, 0.4) is 0 Å². The molecule has 0 fully saturated rings. The summed E-state index contributed by atoms with van der Waals surface area (Å²) in [4.78, 5) is 87.8. The molecule has 1 aliphatic heterocycles. The molecule has 0 saturated carbocycles. The van der Waals surface area contributed by atoms with Gasteiger partial charge >= 0.3 is 12.2 Å². The van der Waals surface area contributed by atoms with Gasteiger partial charge in [0.05, 0.1) is 43.3 Å². The molecule has 5 aromatic rings. The monoisotopic (exact) mass is 1170 g/mol. The van der Waals surface area contributed by atoms with E-state index in [0.717, 1.165) is 0 Å². The number of ether oxygens (including phenoxy) is 2. The Morgan fingerprint density at radius 1 is 0.632 bits per heavy atom. The van der Waals surface area contributed by atoms with E-state index < -0.39 is 29.9 Å². The molecule has 26 heteroatoms. The van der Waals surface area contributed by atoms with Crippen LogP contribution in [0, 0.1) is 11.6 Å². The lowest BCUT2D eigenvalue weighted by Gasteiger charge is -2.28. The number of rotatable bonds is 21. The molecule has 0 radical (unpaired) electrons. The third kappa shape index (κ3) is 20.3. The van der Waals surface area contributed by atoms with Crippen molar-refractivity contribution in [3.63, 3.8) is 0 Å². The number of hydrogen-bond donors (Lipinski definition) is 5. The van der Waals surface area contributed by atoms with Crippen molar-refractivity contribution in [2.45, 2.75) is 63.5 Å². The Morgan fingerprint density at radius 3 is 1.42 bits per heavy atom. The molecule has 6 amide bonds. The number of nitrogens with zero attached hydrogens (tertiary/aromatic N) is 5. The smallest absolute Gasteiger partial charge is 0.412 e. The molecule has 18 nitrogen and oxygen atoms in total. The van der Waals surface area contributed by atoms with Crippen LogP contribution >= 0.6 is 73.4 Å². The first kappa shape index (κ1) is 66.3. The molecule has 1 aliphatic rings. The molecule has 0 aliphatic carbocycles. The van der Waals surface area contributed by atoms with E-state index in [1.54, 1.807) is 74.8 Å². The van der Waals surface area contributed by atoms with Crippen LogP contribution in [-0.4, -0.2) is 113 Å². The molecule has 0 saturated heterocycles. The first-order valence-electron chi connectivity index (χ1n) is 22.9. The number of anilines is 2.